The van der Waals surface area contributed by atoms with Gasteiger partial charge in [-0.15, -0.1) is 0 Å². The summed E-state index contributed by atoms with van der Waals surface area (Å²) in [5, 5.41) is 0. The maximum atomic E-state index is 3.67. The molecule has 1 nitrogen and oxygen atoms in total. The van der Waals surface area contributed by atoms with E-state index in [9.17, 15) is 0 Å². The fraction of sp³-hybridized carbons (Fsp3) is 0.455. The average molecular weight is 240 g/mol. The molecule has 0 N–H and O–H groups in total. The molecule has 0 atom stereocenters. The Labute approximate surface area is 87.9 Å². The number of fused-ring (bicyclic) bond motifs is 1. The standard InChI is InChI=1S/C11H14BrN/c1-8-3-4-9-5-6-13(2)7-10(9)11(8)12/h3-4H,5-7H2,1-2H3. The quantitative estimate of drug-likeness (QED) is 0.674. The van der Waals surface area contributed by atoms with Crippen LogP contribution in [-0.2, 0) is 13.0 Å². The number of benzene rings is 1. The van der Waals surface area contributed by atoms with Crippen molar-refractivity contribution < 1.29 is 0 Å². The van der Waals surface area contributed by atoms with E-state index in [4.69, 9.17) is 0 Å². The molecule has 0 fully saturated rings. The molecule has 2 rings (SSSR count). The second-order valence-electron chi connectivity index (χ2n) is 3.82. The van der Waals surface area contributed by atoms with Gasteiger partial charge >= 0.3 is 0 Å². The Hall–Kier alpha value is -0.340. The number of likely N-dealkylation sites (N-methyl/N-ethyl adjacent to an activating group) is 1. The molecule has 0 bridgehead atoms. The third-order valence-corrected chi connectivity index (χ3v) is 3.83. The van der Waals surface area contributed by atoms with E-state index in [2.05, 4.69) is 46.9 Å². The molecular formula is C11H14BrN. The van der Waals surface area contributed by atoms with Crippen molar-refractivity contribution in [2.24, 2.45) is 0 Å². The minimum atomic E-state index is 1.08. The van der Waals surface area contributed by atoms with Crippen molar-refractivity contribution in [1.82, 2.24) is 4.90 Å². The van der Waals surface area contributed by atoms with Crippen molar-refractivity contribution in [3.05, 3.63) is 33.3 Å². The molecule has 0 unspecified atom stereocenters. The molecule has 0 amide bonds. The maximum absolute atomic E-state index is 3.67. The van der Waals surface area contributed by atoms with Gasteiger partial charge in [0.1, 0.15) is 0 Å². The van der Waals surface area contributed by atoms with Crippen LogP contribution >= 0.6 is 15.9 Å². The molecule has 1 heterocycles. The first-order valence-corrected chi connectivity index (χ1v) is 5.43. The lowest BCUT2D eigenvalue weighted by molar-refractivity contribution is 0.312. The van der Waals surface area contributed by atoms with Crippen molar-refractivity contribution in [1.29, 1.82) is 0 Å². The predicted molar refractivity (Wildman–Crippen MR) is 58.9 cm³/mol. The maximum Gasteiger partial charge on any atom is 0.0252 e. The van der Waals surface area contributed by atoms with Crippen molar-refractivity contribution in [3.63, 3.8) is 0 Å². The summed E-state index contributed by atoms with van der Waals surface area (Å²) < 4.78 is 1.30. The van der Waals surface area contributed by atoms with Gasteiger partial charge in [0.05, 0.1) is 0 Å². The zero-order valence-corrected chi connectivity index (χ0v) is 9.69. The molecule has 2 heteroatoms. The van der Waals surface area contributed by atoms with Gasteiger partial charge in [-0.1, -0.05) is 28.1 Å². The van der Waals surface area contributed by atoms with Gasteiger partial charge in [0.15, 0.2) is 0 Å². The first-order valence-electron chi connectivity index (χ1n) is 4.64. The lowest BCUT2D eigenvalue weighted by Gasteiger charge is -2.26. The Balaban J connectivity index is 2.48. The summed E-state index contributed by atoms with van der Waals surface area (Å²) in [6.07, 6.45) is 1.19. The molecule has 0 radical (unpaired) electrons. The minimum Gasteiger partial charge on any atom is -0.302 e. The highest BCUT2D eigenvalue weighted by molar-refractivity contribution is 9.10. The molecule has 70 valence electrons. The summed E-state index contributed by atoms with van der Waals surface area (Å²) >= 11 is 3.67. The van der Waals surface area contributed by atoms with E-state index >= 15 is 0 Å². The van der Waals surface area contributed by atoms with Gasteiger partial charge in [-0.2, -0.15) is 0 Å². The zero-order valence-electron chi connectivity index (χ0n) is 8.10. The molecule has 1 aliphatic heterocycles. The number of rotatable bonds is 0. The topological polar surface area (TPSA) is 3.24 Å². The van der Waals surface area contributed by atoms with E-state index in [0.29, 0.717) is 0 Å². The largest absolute Gasteiger partial charge is 0.302 e. The number of halogens is 1. The lowest BCUT2D eigenvalue weighted by Crippen LogP contribution is -2.26. The SMILES string of the molecule is Cc1ccc2c(c1Br)CN(C)CC2. The monoisotopic (exact) mass is 239 g/mol. The Kier molecular flexibility index (Phi) is 2.43. The highest BCUT2D eigenvalue weighted by Gasteiger charge is 2.16. The van der Waals surface area contributed by atoms with Crippen LogP contribution in [0.4, 0.5) is 0 Å². The summed E-state index contributed by atoms with van der Waals surface area (Å²) in [5.74, 6) is 0. The van der Waals surface area contributed by atoms with E-state index in [-0.39, 0.29) is 0 Å². The molecule has 0 saturated heterocycles. The van der Waals surface area contributed by atoms with Gasteiger partial charge in [-0.25, -0.2) is 0 Å². The van der Waals surface area contributed by atoms with E-state index in [1.165, 1.54) is 34.1 Å². The highest BCUT2D eigenvalue weighted by Crippen LogP contribution is 2.28. The summed E-state index contributed by atoms with van der Waals surface area (Å²) in [6.45, 7) is 4.42. The molecule has 0 aromatic heterocycles. The molecule has 0 aliphatic carbocycles. The first-order chi connectivity index (χ1) is 6.18. The first kappa shape index (κ1) is 9.22. The van der Waals surface area contributed by atoms with Crippen LogP contribution in [0.2, 0.25) is 0 Å². The smallest absolute Gasteiger partial charge is 0.0252 e. The minimum absolute atomic E-state index is 1.08. The zero-order chi connectivity index (χ0) is 9.42. The molecular weight excluding hydrogens is 226 g/mol. The predicted octanol–water partition coefficient (Wildman–Crippen LogP) is 2.75. The third kappa shape index (κ3) is 1.65. The summed E-state index contributed by atoms with van der Waals surface area (Å²) in [4.78, 5) is 2.37. The van der Waals surface area contributed by atoms with Crippen molar-refractivity contribution in [3.8, 4) is 0 Å². The van der Waals surface area contributed by atoms with Crippen molar-refractivity contribution >= 4 is 15.9 Å². The third-order valence-electron chi connectivity index (χ3n) is 2.72. The van der Waals surface area contributed by atoms with Crippen LogP contribution in [-0.4, -0.2) is 18.5 Å². The second kappa shape index (κ2) is 3.43. The van der Waals surface area contributed by atoms with Crippen LogP contribution in [0.25, 0.3) is 0 Å². The highest BCUT2D eigenvalue weighted by atomic mass is 79.9. The molecule has 1 aromatic rings. The van der Waals surface area contributed by atoms with Gasteiger partial charge in [-0.05, 0) is 37.1 Å². The van der Waals surface area contributed by atoms with E-state index in [1.54, 1.807) is 0 Å². The van der Waals surface area contributed by atoms with Gasteiger partial charge in [0.25, 0.3) is 0 Å². The fourth-order valence-corrected chi connectivity index (χ4v) is 2.36. The van der Waals surface area contributed by atoms with Crippen LogP contribution in [0.3, 0.4) is 0 Å². The average Bonchev–Trinajstić information content (AvgIpc) is 2.12. The van der Waals surface area contributed by atoms with Crippen LogP contribution in [0, 0.1) is 6.92 Å². The number of hydrogen-bond acceptors (Lipinski definition) is 1. The number of nitrogens with zero attached hydrogens (tertiary/aromatic N) is 1. The number of aryl methyl sites for hydroxylation is 1. The normalized spacial score (nSPS) is 17.2. The Morgan fingerprint density at radius 2 is 2.15 bits per heavy atom. The molecule has 1 aromatic carbocycles. The molecule has 0 saturated carbocycles. The summed E-state index contributed by atoms with van der Waals surface area (Å²) in [5.41, 5.74) is 4.33. The van der Waals surface area contributed by atoms with Crippen LogP contribution in [0.1, 0.15) is 16.7 Å². The van der Waals surface area contributed by atoms with Gasteiger partial charge in [0.2, 0.25) is 0 Å². The summed E-state index contributed by atoms with van der Waals surface area (Å²) in [7, 11) is 2.18. The number of hydrogen-bond donors (Lipinski definition) is 0. The van der Waals surface area contributed by atoms with E-state index in [1.807, 2.05) is 0 Å². The van der Waals surface area contributed by atoms with Gasteiger partial charge < -0.3 is 4.90 Å². The molecule has 1 aliphatic rings. The van der Waals surface area contributed by atoms with Crippen molar-refractivity contribution in [2.45, 2.75) is 19.9 Å². The van der Waals surface area contributed by atoms with E-state index in [0.717, 1.165) is 6.54 Å². The fourth-order valence-electron chi connectivity index (χ4n) is 1.84. The van der Waals surface area contributed by atoms with E-state index < -0.39 is 0 Å². The van der Waals surface area contributed by atoms with Crippen LogP contribution in [0.5, 0.6) is 0 Å². The molecule has 0 spiro atoms. The Morgan fingerprint density at radius 1 is 1.38 bits per heavy atom. The van der Waals surface area contributed by atoms with Crippen molar-refractivity contribution in [2.75, 3.05) is 13.6 Å². The Morgan fingerprint density at radius 3 is 2.92 bits per heavy atom. The lowest BCUT2D eigenvalue weighted by atomic mass is 9.98. The van der Waals surface area contributed by atoms with Gasteiger partial charge in [-0.3, -0.25) is 0 Å². The summed E-state index contributed by atoms with van der Waals surface area (Å²) in [6, 6.07) is 4.47. The van der Waals surface area contributed by atoms with Crippen LogP contribution < -0.4 is 0 Å². The van der Waals surface area contributed by atoms with Gasteiger partial charge in [0, 0.05) is 17.6 Å². The molecule has 13 heavy (non-hydrogen) atoms. The van der Waals surface area contributed by atoms with Crippen LogP contribution in [0.15, 0.2) is 16.6 Å². The second-order valence-corrected chi connectivity index (χ2v) is 4.61. The Bertz CT molecular complexity index is 333.